The van der Waals surface area contributed by atoms with Gasteiger partial charge in [0.1, 0.15) is 16.8 Å². The molecular formula is C19H20N2O2S. The molecule has 0 saturated heterocycles. The van der Waals surface area contributed by atoms with E-state index in [2.05, 4.69) is 18.3 Å². The molecule has 1 aliphatic rings. The largest absolute Gasteiger partial charge is 0.483 e. The lowest BCUT2D eigenvalue weighted by atomic mass is 9.89. The van der Waals surface area contributed by atoms with Gasteiger partial charge < -0.3 is 10.1 Å². The van der Waals surface area contributed by atoms with Crippen LogP contribution in [0.15, 0.2) is 24.3 Å². The van der Waals surface area contributed by atoms with E-state index < -0.39 is 0 Å². The fourth-order valence-electron chi connectivity index (χ4n) is 2.98. The van der Waals surface area contributed by atoms with E-state index in [9.17, 15) is 10.1 Å². The van der Waals surface area contributed by atoms with Crippen molar-refractivity contribution in [2.75, 3.05) is 11.9 Å². The summed E-state index contributed by atoms with van der Waals surface area (Å²) in [6, 6.07) is 9.85. The highest BCUT2D eigenvalue weighted by Gasteiger charge is 2.24. The molecule has 1 aromatic carbocycles. The van der Waals surface area contributed by atoms with Crippen molar-refractivity contribution >= 4 is 22.2 Å². The van der Waals surface area contributed by atoms with Crippen LogP contribution < -0.4 is 10.1 Å². The number of hydrogen-bond donors (Lipinski definition) is 1. The Balaban J connectivity index is 1.69. The van der Waals surface area contributed by atoms with Crippen LogP contribution in [0, 0.1) is 24.2 Å². The Hall–Kier alpha value is -2.32. The third kappa shape index (κ3) is 3.44. The van der Waals surface area contributed by atoms with Gasteiger partial charge in [-0.05, 0) is 49.3 Å². The first-order valence-electron chi connectivity index (χ1n) is 8.11. The molecule has 0 radical (unpaired) electrons. The summed E-state index contributed by atoms with van der Waals surface area (Å²) in [5.74, 6) is 1.10. The van der Waals surface area contributed by atoms with Crippen molar-refractivity contribution in [3.05, 3.63) is 45.8 Å². The van der Waals surface area contributed by atoms with Crippen molar-refractivity contribution < 1.29 is 9.53 Å². The van der Waals surface area contributed by atoms with Crippen molar-refractivity contribution in [3.8, 4) is 11.8 Å². The first kappa shape index (κ1) is 16.5. The molecule has 5 heteroatoms. The molecule has 0 bridgehead atoms. The quantitative estimate of drug-likeness (QED) is 0.912. The number of aryl methyl sites for hydroxylation is 1. The number of thiophene rings is 1. The van der Waals surface area contributed by atoms with Crippen molar-refractivity contribution in [2.24, 2.45) is 5.92 Å². The third-order valence-corrected chi connectivity index (χ3v) is 5.50. The van der Waals surface area contributed by atoms with Crippen LogP contribution in [0.3, 0.4) is 0 Å². The third-order valence-electron chi connectivity index (χ3n) is 4.33. The SMILES string of the molecule is Cc1ccccc1OCC(=O)Nc1sc2c(c1C#N)CC[C@H](C)C2. The van der Waals surface area contributed by atoms with Gasteiger partial charge in [0.25, 0.3) is 5.91 Å². The fourth-order valence-corrected chi connectivity index (χ4v) is 4.36. The topological polar surface area (TPSA) is 62.1 Å². The molecule has 1 aliphatic carbocycles. The number of carbonyl (C=O) groups is 1. The minimum absolute atomic E-state index is 0.0608. The van der Waals surface area contributed by atoms with Crippen molar-refractivity contribution in [3.63, 3.8) is 0 Å². The van der Waals surface area contributed by atoms with Gasteiger partial charge in [0.15, 0.2) is 6.61 Å². The second-order valence-corrected chi connectivity index (χ2v) is 7.38. The Kier molecular flexibility index (Phi) is 4.86. The van der Waals surface area contributed by atoms with E-state index in [-0.39, 0.29) is 12.5 Å². The number of benzene rings is 1. The number of amides is 1. The summed E-state index contributed by atoms with van der Waals surface area (Å²) in [6.45, 7) is 4.10. The minimum Gasteiger partial charge on any atom is -0.483 e. The number of anilines is 1. The molecule has 1 heterocycles. The van der Waals surface area contributed by atoms with Crippen LogP contribution in [0.2, 0.25) is 0 Å². The number of nitriles is 1. The lowest BCUT2D eigenvalue weighted by Gasteiger charge is -2.17. The predicted molar refractivity (Wildman–Crippen MR) is 95.5 cm³/mol. The normalized spacial score (nSPS) is 16.1. The van der Waals surface area contributed by atoms with E-state index >= 15 is 0 Å². The summed E-state index contributed by atoms with van der Waals surface area (Å²) in [5, 5.41) is 13.0. The molecule has 24 heavy (non-hydrogen) atoms. The van der Waals surface area contributed by atoms with Gasteiger partial charge in [0, 0.05) is 4.88 Å². The molecule has 1 amide bonds. The van der Waals surface area contributed by atoms with Crippen LogP contribution in [-0.4, -0.2) is 12.5 Å². The Morgan fingerprint density at radius 3 is 3.00 bits per heavy atom. The summed E-state index contributed by atoms with van der Waals surface area (Å²) in [5.41, 5.74) is 2.74. The Morgan fingerprint density at radius 1 is 1.46 bits per heavy atom. The molecule has 0 saturated carbocycles. The second-order valence-electron chi connectivity index (χ2n) is 6.27. The number of nitrogens with zero attached hydrogens (tertiary/aromatic N) is 1. The predicted octanol–water partition coefficient (Wildman–Crippen LogP) is 4.07. The van der Waals surface area contributed by atoms with Gasteiger partial charge in [-0.15, -0.1) is 11.3 Å². The molecule has 2 aromatic rings. The highest BCUT2D eigenvalue weighted by atomic mass is 32.1. The summed E-state index contributed by atoms with van der Waals surface area (Å²) >= 11 is 1.53. The molecular weight excluding hydrogens is 320 g/mol. The van der Waals surface area contributed by atoms with E-state index in [0.29, 0.717) is 22.2 Å². The number of carbonyl (C=O) groups excluding carboxylic acids is 1. The molecule has 3 rings (SSSR count). The van der Waals surface area contributed by atoms with Gasteiger partial charge in [0.2, 0.25) is 0 Å². The zero-order chi connectivity index (χ0) is 17.1. The van der Waals surface area contributed by atoms with Crippen molar-refractivity contribution in [1.29, 1.82) is 5.26 Å². The van der Waals surface area contributed by atoms with E-state index in [1.54, 1.807) is 0 Å². The van der Waals surface area contributed by atoms with Crippen LogP contribution in [-0.2, 0) is 17.6 Å². The van der Waals surface area contributed by atoms with Gasteiger partial charge in [-0.25, -0.2) is 0 Å². The maximum absolute atomic E-state index is 12.2. The Bertz CT molecular complexity index is 804. The van der Waals surface area contributed by atoms with Gasteiger partial charge in [0.05, 0.1) is 5.56 Å². The van der Waals surface area contributed by atoms with Gasteiger partial charge >= 0.3 is 0 Å². The smallest absolute Gasteiger partial charge is 0.262 e. The maximum Gasteiger partial charge on any atom is 0.262 e. The van der Waals surface area contributed by atoms with Gasteiger partial charge in [-0.1, -0.05) is 25.1 Å². The van der Waals surface area contributed by atoms with E-state index in [1.165, 1.54) is 16.2 Å². The number of rotatable bonds is 4. The van der Waals surface area contributed by atoms with Crippen LogP contribution in [0.25, 0.3) is 0 Å². The summed E-state index contributed by atoms with van der Waals surface area (Å²) < 4.78 is 5.57. The number of ether oxygens (including phenoxy) is 1. The summed E-state index contributed by atoms with van der Waals surface area (Å²) in [7, 11) is 0. The van der Waals surface area contributed by atoms with Gasteiger partial charge in [-0.2, -0.15) is 5.26 Å². The first-order chi connectivity index (χ1) is 11.6. The lowest BCUT2D eigenvalue weighted by Crippen LogP contribution is -2.20. The van der Waals surface area contributed by atoms with Crippen LogP contribution in [0.1, 0.15) is 34.9 Å². The number of nitrogens with one attached hydrogen (secondary N) is 1. The van der Waals surface area contributed by atoms with Crippen LogP contribution in [0.5, 0.6) is 5.75 Å². The summed E-state index contributed by atoms with van der Waals surface area (Å²) in [4.78, 5) is 13.4. The zero-order valence-electron chi connectivity index (χ0n) is 13.9. The lowest BCUT2D eigenvalue weighted by molar-refractivity contribution is -0.118. The highest BCUT2D eigenvalue weighted by molar-refractivity contribution is 7.16. The molecule has 1 N–H and O–H groups in total. The molecule has 124 valence electrons. The average molecular weight is 340 g/mol. The number of para-hydroxylation sites is 1. The Morgan fingerprint density at radius 2 is 2.25 bits per heavy atom. The fraction of sp³-hybridized carbons (Fsp3) is 0.368. The monoisotopic (exact) mass is 340 g/mol. The first-order valence-corrected chi connectivity index (χ1v) is 8.93. The molecule has 0 aliphatic heterocycles. The average Bonchev–Trinajstić information content (AvgIpc) is 2.90. The number of fused-ring (bicyclic) bond motifs is 1. The van der Waals surface area contributed by atoms with E-state index in [1.807, 2.05) is 31.2 Å². The van der Waals surface area contributed by atoms with E-state index in [0.717, 1.165) is 30.4 Å². The number of hydrogen-bond acceptors (Lipinski definition) is 4. The van der Waals surface area contributed by atoms with Gasteiger partial charge in [-0.3, -0.25) is 4.79 Å². The van der Waals surface area contributed by atoms with Crippen LogP contribution >= 0.6 is 11.3 Å². The minimum atomic E-state index is -0.235. The standard InChI is InChI=1S/C19H20N2O2S/c1-12-7-8-14-15(10-20)19(24-17(14)9-12)21-18(22)11-23-16-6-4-3-5-13(16)2/h3-6,12H,7-9,11H2,1-2H3,(H,21,22)/t12-/m0/s1. The second kappa shape index (κ2) is 7.06. The Labute approximate surface area is 146 Å². The van der Waals surface area contributed by atoms with Crippen molar-refractivity contribution in [2.45, 2.75) is 33.1 Å². The maximum atomic E-state index is 12.2. The molecule has 1 atom stereocenters. The molecule has 1 aromatic heterocycles. The van der Waals surface area contributed by atoms with Crippen molar-refractivity contribution in [1.82, 2.24) is 0 Å². The molecule has 4 nitrogen and oxygen atoms in total. The summed E-state index contributed by atoms with van der Waals surface area (Å²) in [6.07, 6.45) is 3.01. The molecule has 0 spiro atoms. The van der Waals surface area contributed by atoms with E-state index in [4.69, 9.17) is 4.74 Å². The van der Waals surface area contributed by atoms with Crippen LogP contribution in [0.4, 0.5) is 5.00 Å². The zero-order valence-corrected chi connectivity index (χ0v) is 14.7. The molecule has 0 unspecified atom stereocenters. The highest BCUT2D eigenvalue weighted by Crippen LogP contribution is 2.39. The molecule has 0 fully saturated rings.